The van der Waals surface area contributed by atoms with Crippen molar-refractivity contribution in [2.75, 3.05) is 6.61 Å². The van der Waals surface area contributed by atoms with Crippen molar-refractivity contribution in [3.05, 3.63) is 120 Å². The highest BCUT2D eigenvalue weighted by atomic mass is 16.6. The minimum Gasteiger partial charge on any atom is -0.462 e. The molecule has 0 amide bonds. The van der Waals surface area contributed by atoms with Crippen LogP contribution in [0.15, 0.2) is 109 Å². The van der Waals surface area contributed by atoms with E-state index in [1.165, 1.54) is 0 Å². The Bertz CT molecular complexity index is 1730. The van der Waals surface area contributed by atoms with Gasteiger partial charge >= 0.3 is 11.9 Å². The maximum atomic E-state index is 13.4. The molecular weight excluding hydrogens is 472 g/mol. The number of hydrogen-bond donors (Lipinski definition) is 0. The second-order valence-electron chi connectivity index (χ2n) is 9.53. The van der Waals surface area contributed by atoms with Gasteiger partial charge in [-0.3, -0.25) is 0 Å². The first-order valence-corrected chi connectivity index (χ1v) is 12.8. The number of hydrogen-bond acceptors (Lipinski definition) is 4. The fraction of sp³-hybridized carbons (Fsp3) is 0.118. The summed E-state index contributed by atoms with van der Waals surface area (Å²) in [6.07, 6.45) is -0.0413. The van der Waals surface area contributed by atoms with Gasteiger partial charge in [-0.05, 0) is 62.1 Å². The average Bonchev–Trinajstić information content (AvgIpc) is 2.94. The molecule has 0 fully saturated rings. The van der Waals surface area contributed by atoms with E-state index in [1.54, 1.807) is 0 Å². The molecule has 186 valence electrons. The van der Waals surface area contributed by atoms with Crippen LogP contribution < -0.4 is 0 Å². The molecule has 0 radical (unpaired) electrons. The molecule has 0 bridgehead atoms. The van der Waals surface area contributed by atoms with E-state index in [0.717, 1.165) is 43.1 Å². The number of carbonyl (C=O) groups is 2. The normalized spacial score (nSPS) is 12.1. The van der Waals surface area contributed by atoms with Crippen LogP contribution >= 0.6 is 0 Å². The Labute approximate surface area is 220 Å². The van der Waals surface area contributed by atoms with Crippen LogP contribution in [0.2, 0.25) is 0 Å². The zero-order valence-corrected chi connectivity index (χ0v) is 21.0. The molecule has 4 heteroatoms. The van der Waals surface area contributed by atoms with Gasteiger partial charge in [0.2, 0.25) is 0 Å². The number of esters is 2. The molecule has 0 saturated heterocycles. The molecule has 4 nitrogen and oxygen atoms in total. The van der Waals surface area contributed by atoms with E-state index in [1.807, 2.05) is 104 Å². The van der Waals surface area contributed by atoms with Crippen molar-refractivity contribution in [3.8, 4) is 0 Å². The van der Waals surface area contributed by atoms with Gasteiger partial charge in [-0.2, -0.15) is 0 Å². The molecule has 0 aliphatic rings. The maximum absolute atomic E-state index is 13.4. The largest absolute Gasteiger partial charge is 0.462 e. The lowest BCUT2D eigenvalue weighted by Gasteiger charge is -2.16. The molecule has 0 N–H and O–H groups in total. The zero-order chi connectivity index (χ0) is 26.1. The van der Waals surface area contributed by atoms with Gasteiger partial charge < -0.3 is 9.47 Å². The number of ether oxygens (including phenoxy) is 2. The first-order valence-electron chi connectivity index (χ1n) is 12.8. The number of carbonyl (C=O) groups excluding carboxylic acids is 2. The Balaban J connectivity index is 1.19. The zero-order valence-electron chi connectivity index (χ0n) is 21.0. The summed E-state index contributed by atoms with van der Waals surface area (Å²) in [4.78, 5) is 26.6. The van der Waals surface area contributed by atoms with E-state index in [2.05, 4.69) is 12.1 Å². The summed E-state index contributed by atoms with van der Waals surface area (Å²) in [6, 6.07) is 35.5. The fourth-order valence-electron chi connectivity index (χ4n) is 5.16. The lowest BCUT2D eigenvalue weighted by Crippen LogP contribution is -2.19. The van der Waals surface area contributed by atoms with Gasteiger partial charge in [-0.15, -0.1) is 0 Å². The van der Waals surface area contributed by atoms with Gasteiger partial charge in [0.05, 0.1) is 17.7 Å². The molecule has 0 unspecified atom stereocenters. The van der Waals surface area contributed by atoms with Crippen LogP contribution in [0.4, 0.5) is 0 Å². The fourth-order valence-corrected chi connectivity index (χ4v) is 5.16. The van der Waals surface area contributed by atoms with Crippen LogP contribution in [0.3, 0.4) is 0 Å². The topological polar surface area (TPSA) is 52.6 Å². The molecule has 0 aromatic heterocycles. The molecule has 38 heavy (non-hydrogen) atoms. The lowest BCUT2D eigenvalue weighted by atomic mass is 9.97. The van der Waals surface area contributed by atoms with Gasteiger partial charge in [0.15, 0.2) is 0 Å². The van der Waals surface area contributed by atoms with Crippen molar-refractivity contribution >= 4 is 55.0 Å². The molecule has 1 atom stereocenters. The first-order chi connectivity index (χ1) is 18.6. The van der Waals surface area contributed by atoms with Gasteiger partial charge in [0.1, 0.15) is 6.10 Å². The van der Waals surface area contributed by atoms with Crippen LogP contribution in [0, 0.1) is 0 Å². The summed E-state index contributed by atoms with van der Waals surface area (Å²) in [6.45, 7) is 1.97. The maximum Gasteiger partial charge on any atom is 0.339 e. The Morgan fingerprint density at radius 2 is 0.947 bits per heavy atom. The first kappa shape index (κ1) is 23.7. The summed E-state index contributed by atoms with van der Waals surface area (Å²) in [5.74, 6) is -0.756. The monoisotopic (exact) mass is 498 g/mol. The van der Waals surface area contributed by atoms with Crippen molar-refractivity contribution in [1.82, 2.24) is 0 Å². The van der Waals surface area contributed by atoms with Crippen LogP contribution in [-0.2, 0) is 9.47 Å². The minimum atomic E-state index is -0.433. The molecule has 0 spiro atoms. The van der Waals surface area contributed by atoms with Crippen LogP contribution in [-0.4, -0.2) is 24.6 Å². The quantitative estimate of drug-likeness (QED) is 0.172. The third-order valence-corrected chi connectivity index (χ3v) is 7.02. The Morgan fingerprint density at radius 3 is 1.37 bits per heavy atom. The van der Waals surface area contributed by atoms with E-state index in [9.17, 15) is 9.59 Å². The molecule has 6 aromatic carbocycles. The molecule has 6 rings (SSSR count). The SMILES string of the molecule is C[C@H](CCOC(=O)c1c2ccccc2cc2ccccc12)OC(=O)c1c2ccccc2cc2ccccc12. The van der Waals surface area contributed by atoms with Gasteiger partial charge in [0.25, 0.3) is 0 Å². The standard InChI is InChI=1S/C34H26O4/c1-22(38-34(36)32-29-16-8-4-12-25(29)21-26-13-5-9-17-30(26)32)18-19-37-33(35)31-27-14-6-2-10-23(27)20-24-11-3-7-15-28(24)31/h2-17,20-22H,18-19H2,1H3/t22-/m1/s1. The lowest BCUT2D eigenvalue weighted by molar-refractivity contribution is 0.0233. The van der Waals surface area contributed by atoms with Crippen molar-refractivity contribution in [2.45, 2.75) is 19.4 Å². The number of rotatable bonds is 6. The van der Waals surface area contributed by atoms with E-state index < -0.39 is 6.10 Å². The highest BCUT2D eigenvalue weighted by Crippen LogP contribution is 2.31. The van der Waals surface area contributed by atoms with Gasteiger partial charge in [0, 0.05) is 6.42 Å². The number of benzene rings is 6. The van der Waals surface area contributed by atoms with Crippen LogP contribution in [0.25, 0.3) is 43.1 Å². The molecule has 0 aliphatic heterocycles. The van der Waals surface area contributed by atoms with E-state index in [4.69, 9.17) is 9.47 Å². The van der Waals surface area contributed by atoms with Crippen molar-refractivity contribution in [2.24, 2.45) is 0 Å². The molecule has 0 heterocycles. The van der Waals surface area contributed by atoms with Crippen molar-refractivity contribution < 1.29 is 19.1 Å². The predicted molar refractivity (Wildman–Crippen MR) is 153 cm³/mol. The summed E-state index contributed by atoms with van der Waals surface area (Å²) in [7, 11) is 0. The second-order valence-corrected chi connectivity index (χ2v) is 9.53. The molecular formula is C34H26O4. The van der Waals surface area contributed by atoms with Crippen molar-refractivity contribution in [3.63, 3.8) is 0 Å². The second kappa shape index (κ2) is 9.98. The predicted octanol–water partition coefficient (Wildman–Crippen LogP) is 8.09. The van der Waals surface area contributed by atoms with E-state index in [0.29, 0.717) is 17.5 Å². The summed E-state index contributed by atoms with van der Waals surface area (Å²) < 4.78 is 11.6. The molecule has 6 aromatic rings. The highest BCUT2D eigenvalue weighted by Gasteiger charge is 2.20. The summed E-state index contributed by atoms with van der Waals surface area (Å²) >= 11 is 0. The summed E-state index contributed by atoms with van der Waals surface area (Å²) in [5.41, 5.74) is 1.12. The third kappa shape index (κ3) is 4.35. The van der Waals surface area contributed by atoms with Crippen molar-refractivity contribution in [1.29, 1.82) is 0 Å². The van der Waals surface area contributed by atoms with Gasteiger partial charge in [-0.25, -0.2) is 9.59 Å². The molecule has 0 saturated carbocycles. The smallest absolute Gasteiger partial charge is 0.339 e. The Morgan fingerprint density at radius 1 is 0.579 bits per heavy atom. The van der Waals surface area contributed by atoms with E-state index in [-0.39, 0.29) is 18.5 Å². The highest BCUT2D eigenvalue weighted by molar-refractivity contribution is 6.17. The van der Waals surface area contributed by atoms with Gasteiger partial charge in [-0.1, -0.05) is 97.1 Å². The van der Waals surface area contributed by atoms with Crippen LogP contribution in [0.5, 0.6) is 0 Å². The van der Waals surface area contributed by atoms with Crippen LogP contribution in [0.1, 0.15) is 34.1 Å². The Kier molecular flexibility index (Phi) is 6.22. The minimum absolute atomic E-state index is 0.140. The average molecular weight is 499 g/mol. The van der Waals surface area contributed by atoms with E-state index >= 15 is 0 Å². The summed E-state index contributed by atoms with van der Waals surface area (Å²) in [5, 5.41) is 7.39. The number of fused-ring (bicyclic) bond motifs is 4. The Hall–Kier alpha value is -4.70. The third-order valence-electron chi connectivity index (χ3n) is 7.02. The molecule has 0 aliphatic carbocycles.